The zero-order valence-electron chi connectivity index (χ0n) is 31.4. The summed E-state index contributed by atoms with van der Waals surface area (Å²) in [7, 11) is 5.84. The predicted octanol–water partition coefficient (Wildman–Crippen LogP) is 0.0335. The Labute approximate surface area is 323 Å². The molecule has 0 spiro atoms. The molecule has 0 saturated heterocycles. The number of hydrogen-bond acceptors (Lipinski definition) is 14. The number of likely N-dealkylation sites (N-methyl/N-ethyl adjacent to an activating group) is 3. The molecule has 0 fully saturated rings. The summed E-state index contributed by atoms with van der Waals surface area (Å²) in [5.41, 5.74) is -2.03. The van der Waals surface area contributed by atoms with Gasteiger partial charge in [-0.3, -0.25) is 34.1 Å². The second-order valence-electron chi connectivity index (χ2n) is 11.5. The minimum atomic E-state index is -2.74. The van der Waals surface area contributed by atoms with E-state index in [0.29, 0.717) is 0 Å². The van der Waals surface area contributed by atoms with Gasteiger partial charge in [-0.05, 0) is 57.5 Å². The molecule has 3 heterocycles. The molecule has 0 atom stereocenters. The lowest BCUT2D eigenvalue weighted by Crippen LogP contribution is -2.42. The van der Waals surface area contributed by atoms with Crippen molar-refractivity contribution >= 4 is 35.8 Å². The molecule has 0 aliphatic carbocycles. The lowest BCUT2D eigenvalue weighted by molar-refractivity contribution is -0.170. The van der Waals surface area contributed by atoms with Gasteiger partial charge in [0, 0.05) is 74.6 Å². The van der Waals surface area contributed by atoms with Gasteiger partial charge in [-0.15, -0.1) is 0 Å². The van der Waals surface area contributed by atoms with Gasteiger partial charge in [-0.2, -0.15) is 0 Å². The number of pyridine rings is 3. The van der Waals surface area contributed by atoms with Gasteiger partial charge in [-0.25, -0.2) is 9.59 Å². The topological polar surface area (TPSA) is 339 Å². The normalized spacial score (nSPS) is 10.2. The molecule has 3 aromatic rings. The molecule has 20 nitrogen and oxygen atoms in total. The van der Waals surface area contributed by atoms with Crippen molar-refractivity contribution < 1.29 is 69.6 Å². The quantitative estimate of drug-likeness (QED) is 0.0763. The Bertz CT molecular complexity index is 1380. The zero-order valence-corrected chi connectivity index (χ0v) is 31.4. The first-order chi connectivity index (χ1) is 26.3. The Hall–Kier alpha value is -5.93. The van der Waals surface area contributed by atoms with Crippen molar-refractivity contribution in [2.75, 3.05) is 40.8 Å². The van der Waals surface area contributed by atoms with Crippen molar-refractivity contribution in [3.8, 4) is 0 Å². The molecule has 56 heavy (non-hydrogen) atoms. The van der Waals surface area contributed by atoms with Crippen LogP contribution in [0.5, 0.6) is 0 Å². The fraction of sp³-hybridized carbons (Fsp3) is 0.417. The zero-order chi connectivity index (χ0) is 43.0. The molecule has 0 saturated carbocycles. The van der Waals surface area contributed by atoms with Crippen LogP contribution in [-0.4, -0.2) is 144 Å². The SMILES string of the molecule is CNCCc1ccccn1.CNCCc1ccccn1.CNCCc1ccccn1.O=C(O)CC(O)(CC(=O)O)C(=O)O.O=C(O)CC(O)(CC(=O)O)C(=O)O. The standard InChI is InChI=1S/3C8H12N2.2C6H8O7/c3*1-9-7-5-8-4-2-3-6-10-8;2*7-3(8)1-6(13,5(11)12)2-4(9)10/h3*2-4,6,9H,5,7H2,1H3;2*13H,1-2H2,(H,7,8)(H,9,10)(H,11,12). The van der Waals surface area contributed by atoms with Gasteiger partial charge in [0.15, 0.2) is 11.2 Å². The molecule has 3 rings (SSSR count). The van der Waals surface area contributed by atoms with Crippen molar-refractivity contribution in [1.82, 2.24) is 30.9 Å². The largest absolute Gasteiger partial charge is 0.481 e. The lowest BCUT2D eigenvalue weighted by atomic mass is 9.96. The Morgan fingerprint density at radius 1 is 0.464 bits per heavy atom. The number of carboxylic acids is 6. The summed E-state index contributed by atoms with van der Waals surface area (Å²) >= 11 is 0. The van der Waals surface area contributed by atoms with Gasteiger partial charge in [0.05, 0.1) is 25.7 Å². The summed E-state index contributed by atoms with van der Waals surface area (Å²) in [4.78, 5) is 73.5. The van der Waals surface area contributed by atoms with E-state index in [1.165, 1.54) is 0 Å². The number of carbonyl (C=O) groups is 6. The van der Waals surface area contributed by atoms with Crippen LogP contribution < -0.4 is 16.0 Å². The van der Waals surface area contributed by atoms with E-state index in [4.69, 9.17) is 40.9 Å². The number of hydrogen-bond donors (Lipinski definition) is 11. The average Bonchev–Trinajstić information content (AvgIpc) is 3.13. The highest BCUT2D eigenvalue weighted by atomic mass is 16.4. The maximum absolute atomic E-state index is 10.3. The highest BCUT2D eigenvalue weighted by Gasteiger charge is 2.41. The molecule has 0 bridgehead atoms. The lowest BCUT2D eigenvalue weighted by Gasteiger charge is -2.18. The Morgan fingerprint density at radius 3 is 0.839 bits per heavy atom. The smallest absolute Gasteiger partial charge is 0.336 e. The maximum Gasteiger partial charge on any atom is 0.336 e. The Balaban J connectivity index is 0. The highest BCUT2D eigenvalue weighted by molar-refractivity contribution is 5.88. The van der Waals surface area contributed by atoms with Crippen LogP contribution in [0.25, 0.3) is 0 Å². The summed E-state index contributed by atoms with van der Waals surface area (Å²) in [6.45, 7) is 2.99. The second kappa shape index (κ2) is 30.4. The first kappa shape index (κ1) is 52.2. The van der Waals surface area contributed by atoms with E-state index in [1.54, 1.807) is 0 Å². The summed E-state index contributed by atoms with van der Waals surface area (Å²) in [5.74, 6) is -10.0. The van der Waals surface area contributed by atoms with Crippen LogP contribution in [0.15, 0.2) is 73.2 Å². The number of carboxylic acid groups (broad SMARTS) is 6. The molecule has 0 aromatic carbocycles. The van der Waals surface area contributed by atoms with Gasteiger partial charge >= 0.3 is 35.8 Å². The highest BCUT2D eigenvalue weighted by Crippen LogP contribution is 2.16. The molecule has 0 amide bonds. The van der Waals surface area contributed by atoms with Crippen LogP contribution in [-0.2, 0) is 48.0 Å². The Morgan fingerprint density at radius 2 is 0.696 bits per heavy atom. The minimum Gasteiger partial charge on any atom is -0.481 e. The fourth-order valence-electron chi connectivity index (χ4n) is 3.83. The molecule has 310 valence electrons. The van der Waals surface area contributed by atoms with Crippen molar-refractivity contribution in [3.63, 3.8) is 0 Å². The molecule has 0 radical (unpaired) electrons. The van der Waals surface area contributed by atoms with Crippen molar-refractivity contribution in [2.45, 2.75) is 56.1 Å². The third kappa shape index (κ3) is 27.6. The van der Waals surface area contributed by atoms with Crippen LogP contribution in [0.4, 0.5) is 0 Å². The van der Waals surface area contributed by atoms with Gasteiger partial charge in [-0.1, -0.05) is 18.2 Å². The molecule has 0 unspecified atom stereocenters. The molecular formula is C36H52N6O14. The van der Waals surface area contributed by atoms with Crippen LogP contribution >= 0.6 is 0 Å². The van der Waals surface area contributed by atoms with E-state index in [1.807, 2.05) is 94.3 Å². The second-order valence-corrected chi connectivity index (χ2v) is 11.5. The van der Waals surface area contributed by atoms with Gasteiger partial charge in [0.25, 0.3) is 0 Å². The first-order valence-corrected chi connectivity index (χ1v) is 16.8. The number of nitrogens with zero attached hydrogens (tertiary/aromatic N) is 3. The molecule has 0 aliphatic heterocycles. The number of aliphatic hydroxyl groups is 2. The van der Waals surface area contributed by atoms with Crippen molar-refractivity contribution in [3.05, 3.63) is 90.3 Å². The van der Waals surface area contributed by atoms with Crippen LogP contribution in [0.2, 0.25) is 0 Å². The maximum atomic E-state index is 10.3. The molecular weight excluding hydrogens is 740 g/mol. The molecule has 20 heteroatoms. The fourth-order valence-corrected chi connectivity index (χ4v) is 3.83. The van der Waals surface area contributed by atoms with Crippen LogP contribution in [0.3, 0.4) is 0 Å². The van der Waals surface area contributed by atoms with Crippen molar-refractivity contribution in [2.24, 2.45) is 0 Å². The molecule has 3 aromatic heterocycles. The van der Waals surface area contributed by atoms with E-state index in [2.05, 4.69) is 30.9 Å². The van der Waals surface area contributed by atoms with E-state index in [9.17, 15) is 28.8 Å². The molecule has 11 N–H and O–H groups in total. The summed E-state index contributed by atoms with van der Waals surface area (Å²) in [6, 6.07) is 18.0. The predicted molar refractivity (Wildman–Crippen MR) is 200 cm³/mol. The number of aliphatic carboxylic acids is 6. The number of aromatic nitrogens is 3. The van der Waals surface area contributed by atoms with Gasteiger partial charge < -0.3 is 56.8 Å². The first-order valence-electron chi connectivity index (χ1n) is 16.8. The van der Waals surface area contributed by atoms with E-state index >= 15 is 0 Å². The van der Waals surface area contributed by atoms with Crippen molar-refractivity contribution in [1.29, 1.82) is 0 Å². The van der Waals surface area contributed by atoms with Crippen LogP contribution in [0.1, 0.15) is 42.8 Å². The van der Waals surface area contributed by atoms with E-state index in [-0.39, 0.29) is 0 Å². The van der Waals surface area contributed by atoms with E-state index in [0.717, 1.165) is 56.0 Å². The number of nitrogens with one attached hydrogen (secondary N) is 3. The average molecular weight is 793 g/mol. The summed E-state index contributed by atoms with van der Waals surface area (Å²) in [5, 5.41) is 76.9. The van der Waals surface area contributed by atoms with Gasteiger partial charge in [0.1, 0.15) is 0 Å². The minimum absolute atomic E-state index is 0.997. The summed E-state index contributed by atoms with van der Waals surface area (Å²) in [6.07, 6.45) is 3.93. The monoisotopic (exact) mass is 792 g/mol. The van der Waals surface area contributed by atoms with E-state index < -0.39 is 72.7 Å². The molecule has 0 aliphatic rings. The third-order valence-electron chi connectivity index (χ3n) is 6.64. The van der Waals surface area contributed by atoms with Crippen LogP contribution in [0, 0.1) is 0 Å². The Kier molecular flexibility index (Phi) is 28.3. The van der Waals surface area contributed by atoms with Gasteiger partial charge in [0.2, 0.25) is 0 Å². The third-order valence-corrected chi connectivity index (χ3v) is 6.64. The summed E-state index contributed by atoms with van der Waals surface area (Å²) < 4.78 is 0. The number of rotatable bonds is 19.